The van der Waals surface area contributed by atoms with Crippen molar-refractivity contribution in [1.29, 1.82) is 5.26 Å². The molecule has 3 aliphatic heterocycles. The van der Waals surface area contributed by atoms with E-state index in [0.717, 1.165) is 12.8 Å². The van der Waals surface area contributed by atoms with Crippen LogP contribution in [0.3, 0.4) is 0 Å². The second-order valence-electron chi connectivity index (χ2n) is 10.0. The lowest BCUT2D eigenvalue weighted by Crippen LogP contribution is -2.56. The molecule has 7 nitrogen and oxygen atoms in total. The van der Waals surface area contributed by atoms with E-state index >= 15 is 0 Å². The molecule has 0 aromatic carbocycles. The highest BCUT2D eigenvalue weighted by molar-refractivity contribution is 5.95. The van der Waals surface area contributed by atoms with Gasteiger partial charge in [0.05, 0.1) is 6.10 Å². The van der Waals surface area contributed by atoms with E-state index in [1.54, 1.807) is 11.0 Å². The Kier molecular flexibility index (Phi) is 5.32. The summed E-state index contributed by atoms with van der Waals surface area (Å²) in [6, 6.07) is 1.93. The molecule has 2 saturated heterocycles. The fraction of sp³-hybridized carbons (Fsp3) is 0.625. The van der Waals surface area contributed by atoms with Crippen LogP contribution in [0.2, 0.25) is 0 Å². The van der Waals surface area contributed by atoms with Gasteiger partial charge in [-0.1, -0.05) is 12.2 Å². The van der Waals surface area contributed by atoms with E-state index in [9.17, 15) is 33.1 Å². The number of aliphatic hydroxyl groups excluding tert-OH is 1. The Morgan fingerprint density at radius 2 is 1.82 bits per heavy atom. The van der Waals surface area contributed by atoms with Crippen LogP contribution in [0, 0.1) is 29.1 Å². The summed E-state index contributed by atoms with van der Waals surface area (Å²) in [5.74, 6) is -3.20. The first-order chi connectivity index (χ1) is 16.0. The van der Waals surface area contributed by atoms with E-state index in [-0.39, 0.29) is 47.7 Å². The van der Waals surface area contributed by atoms with Crippen molar-refractivity contribution in [3.8, 4) is 6.07 Å². The van der Waals surface area contributed by atoms with Gasteiger partial charge in [-0.2, -0.15) is 18.4 Å². The van der Waals surface area contributed by atoms with Crippen molar-refractivity contribution in [1.82, 2.24) is 9.80 Å². The van der Waals surface area contributed by atoms with Crippen LogP contribution in [-0.2, 0) is 14.3 Å². The third kappa shape index (κ3) is 3.70. The largest absolute Gasteiger partial charge is 0.475 e. The molecule has 182 valence electrons. The molecule has 3 fully saturated rings. The van der Waals surface area contributed by atoms with Gasteiger partial charge in [-0.15, -0.1) is 0 Å². The fourth-order valence-electron chi connectivity index (χ4n) is 5.41. The minimum Gasteiger partial charge on any atom is -0.475 e. The number of alkyl halides is 3. The third-order valence-corrected chi connectivity index (χ3v) is 7.62. The van der Waals surface area contributed by atoms with Gasteiger partial charge in [-0.3, -0.25) is 9.59 Å². The van der Waals surface area contributed by atoms with Gasteiger partial charge in [0.25, 0.3) is 5.91 Å². The predicted molar refractivity (Wildman–Crippen MR) is 112 cm³/mol. The number of hydrogen-bond acceptors (Lipinski definition) is 5. The van der Waals surface area contributed by atoms with Crippen molar-refractivity contribution in [3.63, 3.8) is 0 Å². The molecular weight excluding hydrogens is 451 g/mol. The molecule has 2 unspecified atom stereocenters. The highest BCUT2D eigenvalue weighted by Crippen LogP contribution is 2.54. The normalized spacial score (nSPS) is 30.2. The van der Waals surface area contributed by atoms with E-state index in [0.29, 0.717) is 31.5 Å². The number of hydrogen-bond donors (Lipinski definition) is 1. The van der Waals surface area contributed by atoms with E-state index in [1.165, 1.54) is 17.9 Å². The Balaban J connectivity index is 1.36. The van der Waals surface area contributed by atoms with Crippen LogP contribution >= 0.6 is 0 Å². The summed E-state index contributed by atoms with van der Waals surface area (Å²) >= 11 is 0. The van der Waals surface area contributed by atoms with Crippen molar-refractivity contribution in [2.75, 3.05) is 26.2 Å². The molecular formula is C24H26F3N3O4. The van der Waals surface area contributed by atoms with Gasteiger partial charge < -0.3 is 19.6 Å². The number of carbonyl (C=O) groups excluding carboxylic acids is 2. The van der Waals surface area contributed by atoms with Crippen LogP contribution in [0.5, 0.6) is 0 Å². The second kappa shape index (κ2) is 7.87. The maximum absolute atomic E-state index is 14.0. The number of rotatable bonds is 3. The Morgan fingerprint density at radius 1 is 1.18 bits per heavy atom. The molecule has 10 heteroatoms. The van der Waals surface area contributed by atoms with Crippen LogP contribution in [0.4, 0.5) is 13.2 Å². The number of nitrogens with zero attached hydrogens (tertiary/aromatic N) is 3. The van der Waals surface area contributed by atoms with Crippen LogP contribution in [0.15, 0.2) is 34.6 Å². The number of aliphatic hydroxyl groups is 1. The molecule has 34 heavy (non-hydrogen) atoms. The number of ether oxygens (including phenoxy) is 1. The van der Waals surface area contributed by atoms with Gasteiger partial charge in [0.1, 0.15) is 23.2 Å². The molecule has 1 N–H and O–H groups in total. The maximum Gasteiger partial charge on any atom is 0.399 e. The first-order valence-corrected chi connectivity index (χ1v) is 11.6. The van der Waals surface area contributed by atoms with E-state index in [1.807, 2.05) is 6.07 Å². The van der Waals surface area contributed by atoms with Crippen molar-refractivity contribution in [3.05, 3.63) is 34.6 Å². The molecule has 1 saturated carbocycles. The SMILES string of the molecule is CC12OC(C(=O)N3CCC(C(=O)N4CC(O)C4)CC3)=C(C#N)C1=CC(C1CC1)=CC2C(F)(F)F. The highest BCUT2D eigenvalue weighted by Gasteiger charge is 2.60. The molecule has 0 aromatic rings. The van der Waals surface area contributed by atoms with E-state index in [4.69, 9.17) is 4.74 Å². The summed E-state index contributed by atoms with van der Waals surface area (Å²) in [7, 11) is 0. The van der Waals surface area contributed by atoms with Gasteiger partial charge in [0.2, 0.25) is 11.7 Å². The van der Waals surface area contributed by atoms with Crippen molar-refractivity contribution in [2.45, 2.75) is 50.5 Å². The van der Waals surface area contributed by atoms with Gasteiger partial charge >= 0.3 is 6.18 Å². The maximum atomic E-state index is 14.0. The Hall–Kier alpha value is -2.80. The lowest BCUT2D eigenvalue weighted by atomic mass is 9.74. The fourth-order valence-corrected chi connectivity index (χ4v) is 5.41. The van der Waals surface area contributed by atoms with Crippen LogP contribution < -0.4 is 0 Å². The Labute approximate surface area is 195 Å². The zero-order valence-corrected chi connectivity index (χ0v) is 18.8. The third-order valence-electron chi connectivity index (χ3n) is 7.62. The number of nitriles is 1. The minimum atomic E-state index is -4.60. The average molecular weight is 477 g/mol. The summed E-state index contributed by atoms with van der Waals surface area (Å²) < 4.78 is 47.9. The summed E-state index contributed by atoms with van der Waals surface area (Å²) in [5.41, 5.74) is -1.35. The predicted octanol–water partition coefficient (Wildman–Crippen LogP) is 2.45. The monoisotopic (exact) mass is 477 g/mol. The molecule has 0 radical (unpaired) electrons. The van der Waals surface area contributed by atoms with Gasteiger partial charge in [-0.25, -0.2) is 0 Å². The van der Waals surface area contributed by atoms with Crippen molar-refractivity contribution < 1.29 is 32.6 Å². The summed E-state index contributed by atoms with van der Waals surface area (Å²) in [5, 5.41) is 19.2. The molecule has 5 rings (SSSR count). The number of allylic oxidation sites excluding steroid dienone is 2. The van der Waals surface area contributed by atoms with Crippen molar-refractivity contribution >= 4 is 11.8 Å². The van der Waals surface area contributed by atoms with Crippen LogP contribution in [0.25, 0.3) is 0 Å². The number of amides is 2. The van der Waals surface area contributed by atoms with Crippen LogP contribution in [0.1, 0.15) is 32.6 Å². The first kappa shape index (κ1) is 23.0. The second-order valence-corrected chi connectivity index (χ2v) is 10.0. The minimum absolute atomic E-state index is 0.0469. The Morgan fingerprint density at radius 3 is 2.35 bits per heavy atom. The number of piperidine rings is 1. The number of halogens is 3. The van der Waals surface area contributed by atoms with Gasteiger partial charge in [0, 0.05) is 37.7 Å². The van der Waals surface area contributed by atoms with Gasteiger partial charge in [0.15, 0.2) is 0 Å². The Bertz CT molecular complexity index is 1050. The quantitative estimate of drug-likeness (QED) is 0.674. The average Bonchev–Trinajstić information content (AvgIpc) is 3.57. The first-order valence-electron chi connectivity index (χ1n) is 11.6. The van der Waals surface area contributed by atoms with Crippen molar-refractivity contribution in [2.24, 2.45) is 17.8 Å². The van der Waals surface area contributed by atoms with Crippen LogP contribution in [-0.4, -0.2) is 70.8 Å². The van der Waals surface area contributed by atoms with E-state index < -0.39 is 29.7 Å². The molecule has 0 aromatic heterocycles. The summed E-state index contributed by atoms with van der Waals surface area (Å²) in [6.07, 6.45) is 0.125. The lowest BCUT2D eigenvalue weighted by Gasteiger charge is -2.40. The summed E-state index contributed by atoms with van der Waals surface area (Å²) in [4.78, 5) is 28.8. The molecule has 2 aliphatic carbocycles. The number of fused-ring (bicyclic) bond motifs is 1. The molecule has 0 bridgehead atoms. The number of carbonyl (C=O) groups is 2. The van der Waals surface area contributed by atoms with E-state index in [2.05, 4.69) is 0 Å². The standard InChI is InChI=1S/C24H26F3N3O4/c1-23-18(8-15(13-2-3-13)9-19(23)24(25,26)27)17(10-28)20(34-23)22(33)29-6-4-14(5-7-29)21(32)30-11-16(31)12-30/h8-9,13-14,16,19,31H,2-7,11-12H2,1H3. The zero-order valence-electron chi connectivity index (χ0n) is 18.8. The topological polar surface area (TPSA) is 93.9 Å². The number of β-amino-alcohol motifs (C(OH)–C–C–N with tert-alkyl or cyclic N) is 1. The smallest absolute Gasteiger partial charge is 0.399 e. The molecule has 5 aliphatic rings. The zero-order chi connectivity index (χ0) is 24.4. The molecule has 3 heterocycles. The number of likely N-dealkylation sites (tertiary alicyclic amines) is 2. The molecule has 2 atom stereocenters. The van der Waals surface area contributed by atoms with Gasteiger partial charge in [-0.05, 0) is 44.1 Å². The molecule has 2 amide bonds. The lowest BCUT2D eigenvalue weighted by molar-refractivity contribution is -0.201. The highest BCUT2D eigenvalue weighted by atomic mass is 19.4. The molecule has 0 spiro atoms. The summed E-state index contributed by atoms with van der Waals surface area (Å²) in [6.45, 7) is 2.40.